The van der Waals surface area contributed by atoms with E-state index in [9.17, 15) is 14.7 Å². The number of rotatable bonds is 2. The monoisotopic (exact) mass is 286 g/mol. The van der Waals surface area contributed by atoms with Crippen molar-refractivity contribution >= 4 is 44.1 Å². The largest absolute Gasteiger partial charge is 0.478 e. The number of benzene rings is 2. The first kappa shape index (κ1) is 12.6. The molecule has 5 heteroatoms. The van der Waals surface area contributed by atoms with Crippen LogP contribution < -0.4 is 0 Å². The molecule has 20 heavy (non-hydrogen) atoms. The van der Waals surface area contributed by atoms with Crippen LogP contribution in [-0.4, -0.2) is 24.2 Å². The first-order chi connectivity index (χ1) is 9.61. The van der Waals surface area contributed by atoms with Gasteiger partial charge in [0, 0.05) is 10.1 Å². The lowest BCUT2D eigenvalue weighted by molar-refractivity contribution is 0.0600. The van der Waals surface area contributed by atoms with Gasteiger partial charge in [-0.25, -0.2) is 9.59 Å². The standard InChI is InChI=1S/C15H10O4S/c1-19-15(18)9-3-2-8-6-12(14(16)17)13-10(4-5-20-13)11(8)7-9/h2-7H,1H3,(H,16,17). The fraction of sp³-hybridized carbons (Fsp3) is 0.0667. The normalized spacial score (nSPS) is 10.8. The van der Waals surface area contributed by atoms with Crippen molar-refractivity contribution in [2.24, 2.45) is 0 Å². The van der Waals surface area contributed by atoms with E-state index in [1.165, 1.54) is 18.4 Å². The van der Waals surface area contributed by atoms with Gasteiger partial charge in [-0.15, -0.1) is 11.3 Å². The van der Waals surface area contributed by atoms with Crippen molar-refractivity contribution in [3.05, 3.63) is 46.8 Å². The van der Waals surface area contributed by atoms with Crippen LogP contribution in [0, 0.1) is 0 Å². The Morgan fingerprint density at radius 1 is 1.15 bits per heavy atom. The predicted octanol–water partition coefficient (Wildman–Crippen LogP) is 3.54. The van der Waals surface area contributed by atoms with E-state index in [2.05, 4.69) is 0 Å². The summed E-state index contributed by atoms with van der Waals surface area (Å²) in [6, 6.07) is 8.62. The third-order valence-electron chi connectivity index (χ3n) is 3.20. The summed E-state index contributed by atoms with van der Waals surface area (Å²) in [5.41, 5.74) is 0.740. The van der Waals surface area contributed by atoms with Crippen LogP contribution in [0.1, 0.15) is 20.7 Å². The van der Waals surface area contributed by atoms with Crippen molar-refractivity contribution < 1.29 is 19.4 Å². The van der Waals surface area contributed by atoms with Crippen LogP contribution in [-0.2, 0) is 4.74 Å². The molecule has 0 saturated heterocycles. The maximum absolute atomic E-state index is 11.6. The van der Waals surface area contributed by atoms with Crippen molar-refractivity contribution in [1.29, 1.82) is 0 Å². The summed E-state index contributed by atoms with van der Waals surface area (Å²) in [5, 5.41) is 13.6. The molecule has 0 spiro atoms. The van der Waals surface area contributed by atoms with Gasteiger partial charge in [0.05, 0.1) is 18.2 Å². The molecule has 0 saturated carbocycles. The van der Waals surface area contributed by atoms with Crippen LogP contribution >= 0.6 is 11.3 Å². The Kier molecular flexibility index (Phi) is 2.91. The number of carboxylic acid groups (broad SMARTS) is 1. The minimum Gasteiger partial charge on any atom is -0.478 e. The van der Waals surface area contributed by atoms with Gasteiger partial charge in [-0.1, -0.05) is 6.07 Å². The fourth-order valence-corrected chi connectivity index (χ4v) is 3.19. The third kappa shape index (κ3) is 1.83. The number of ether oxygens (including phenoxy) is 1. The second-order valence-corrected chi connectivity index (χ2v) is 5.24. The highest BCUT2D eigenvalue weighted by molar-refractivity contribution is 7.17. The Morgan fingerprint density at radius 2 is 1.95 bits per heavy atom. The van der Waals surface area contributed by atoms with E-state index in [-0.39, 0.29) is 5.56 Å². The van der Waals surface area contributed by atoms with Gasteiger partial charge in [0.25, 0.3) is 0 Å². The number of hydrogen-bond donors (Lipinski definition) is 1. The predicted molar refractivity (Wildman–Crippen MR) is 77.6 cm³/mol. The molecular formula is C15H10O4S. The van der Waals surface area contributed by atoms with Crippen LogP contribution in [0.5, 0.6) is 0 Å². The highest BCUT2D eigenvalue weighted by atomic mass is 32.1. The second-order valence-electron chi connectivity index (χ2n) is 4.32. The average Bonchev–Trinajstić information content (AvgIpc) is 2.94. The summed E-state index contributed by atoms with van der Waals surface area (Å²) >= 11 is 1.38. The Morgan fingerprint density at radius 3 is 2.65 bits per heavy atom. The van der Waals surface area contributed by atoms with E-state index in [0.717, 1.165) is 16.2 Å². The minimum absolute atomic E-state index is 0.285. The summed E-state index contributed by atoms with van der Waals surface area (Å²) in [6.45, 7) is 0. The molecule has 1 heterocycles. The van der Waals surface area contributed by atoms with Crippen molar-refractivity contribution in [3.8, 4) is 0 Å². The summed E-state index contributed by atoms with van der Waals surface area (Å²) in [6.07, 6.45) is 0. The van der Waals surface area contributed by atoms with E-state index in [1.54, 1.807) is 24.3 Å². The summed E-state index contributed by atoms with van der Waals surface area (Å²) in [4.78, 5) is 22.9. The van der Waals surface area contributed by atoms with Gasteiger partial charge in [-0.2, -0.15) is 0 Å². The molecule has 0 aliphatic heterocycles. The molecule has 0 radical (unpaired) electrons. The molecular weight excluding hydrogens is 276 g/mol. The van der Waals surface area contributed by atoms with E-state index in [4.69, 9.17) is 4.74 Å². The first-order valence-corrected chi connectivity index (χ1v) is 6.75. The van der Waals surface area contributed by atoms with Crippen molar-refractivity contribution in [1.82, 2.24) is 0 Å². The maximum Gasteiger partial charge on any atom is 0.337 e. The van der Waals surface area contributed by atoms with Gasteiger partial charge < -0.3 is 9.84 Å². The number of carbonyl (C=O) groups excluding carboxylic acids is 1. The van der Waals surface area contributed by atoms with Gasteiger partial charge in [0.1, 0.15) is 0 Å². The molecule has 2 aromatic carbocycles. The third-order valence-corrected chi connectivity index (χ3v) is 4.15. The van der Waals surface area contributed by atoms with Crippen LogP contribution in [0.3, 0.4) is 0 Å². The van der Waals surface area contributed by atoms with Gasteiger partial charge in [-0.05, 0) is 40.4 Å². The van der Waals surface area contributed by atoms with Gasteiger partial charge >= 0.3 is 11.9 Å². The van der Waals surface area contributed by atoms with E-state index in [0.29, 0.717) is 10.3 Å². The lowest BCUT2D eigenvalue weighted by Gasteiger charge is -2.06. The zero-order chi connectivity index (χ0) is 14.3. The topological polar surface area (TPSA) is 63.6 Å². The molecule has 3 aromatic rings. The first-order valence-electron chi connectivity index (χ1n) is 5.87. The smallest absolute Gasteiger partial charge is 0.337 e. The molecule has 1 aromatic heterocycles. The molecule has 100 valence electrons. The number of thiophene rings is 1. The van der Waals surface area contributed by atoms with Crippen molar-refractivity contribution in [3.63, 3.8) is 0 Å². The molecule has 0 bridgehead atoms. The number of esters is 1. The maximum atomic E-state index is 11.6. The lowest BCUT2D eigenvalue weighted by Crippen LogP contribution is -2.01. The Hall–Kier alpha value is -2.40. The van der Waals surface area contributed by atoms with Gasteiger partial charge in [-0.3, -0.25) is 0 Å². The van der Waals surface area contributed by atoms with Crippen LogP contribution in [0.25, 0.3) is 20.9 Å². The summed E-state index contributed by atoms with van der Waals surface area (Å²) in [5.74, 6) is -1.35. The average molecular weight is 286 g/mol. The van der Waals surface area contributed by atoms with E-state index in [1.807, 2.05) is 11.4 Å². The highest BCUT2D eigenvalue weighted by Crippen LogP contribution is 2.33. The Bertz CT molecular complexity index is 848. The lowest BCUT2D eigenvalue weighted by atomic mass is 10.0. The summed E-state index contributed by atoms with van der Waals surface area (Å²) < 4.78 is 5.43. The number of hydrogen-bond acceptors (Lipinski definition) is 4. The molecule has 3 rings (SSSR count). The van der Waals surface area contributed by atoms with Gasteiger partial charge in [0.2, 0.25) is 0 Å². The zero-order valence-electron chi connectivity index (χ0n) is 10.5. The fourth-order valence-electron chi connectivity index (χ4n) is 2.27. The van der Waals surface area contributed by atoms with Crippen LogP contribution in [0.2, 0.25) is 0 Å². The van der Waals surface area contributed by atoms with Crippen molar-refractivity contribution in [2.45, 2.75) is 0 Å². The Labute approximate surface area is 118 Å². The molecule has 4 nitrogen and oxygen atoms in total. The second kappa shape index (κ2) is 4.61. The number of carboxylic acids is 1. The quantitative estimate of drug-likeness (QED) is 0.732. The number of carbonyl (C=O) groups is 2. The van der Waals surface area contributed by atoms with Crippen LogP contribution in [0.4, 0.5) is 0 Å². The van der Waals surface area contributed by atoms with E-state index >= 15 is 0 Å². The Balaban J connectivity index is 2.39. The van der Waals surface area contributed by atoms with Crippen LogP contribution in [0.15, 0.2) is 35.7 Å². The van der Waals surface area contributed by atoms with Crippen molar-refractivity contribution in [2.75, 3.05) is 7.11 Å². The highest BCUT2D eigenvalue weighted by Gasteiger charge is 2.14. The molecule has 0 amide bonds. The SMILES string of the molecule is COC(=O)c1ccc2cc(C(=O)O)c3sccc3c2c1. The minimum atomic E-state index is -0.948. The number of fused-ring (bicyclic) bond motifs is 3. The number of methoxy groups -OCH3 is 1. The molecule has 1 N–H and O–H groups in total. The van der Waals surface area contributed by atoms with E-state index < -0.39 is 11.9 Å². The molecule has 0 fully saturated rings. The molecule has 0 atom stereocenters. The summed E-state index contributed by atoms with van der Waals surface area (Å²) in [7, 11) is 1.33. The molecule has 0 unspecified atom stereocenters. The molecule has 0 aliphatic rings. The van der Waals surface area contributed by atoms with Gasteiger partial charge in [0.15, 0.2) is 0 Å². The zero-order valence-corrected chi connectivity index (χ0v) is 11.4. The molecule has 0 aliphatic carbocycles. The number of aromatic carboxylic acids is 1.